The molecule has 29 heteroatoms. The van der Waals surface area contributed by atoms with Crippen molar-refractivity contribution < 1.29 is 77.3 Å². The lowest BCUT2D eigenvalue weighted by atomic mass is 9.90. The molecule has 0 radical (unpaired) electrons. The third-order valence-electron chi connectivity index (χ3n) is 19.0. The number of rotatable bonds is 24. The highest BCUT2D eigenvalue weighted by molar-refractivity contribution is 8.01. The summed E-state index contributed by atoms with van der Waals surface area (Å²) in [5.74, 6) is -12.6. The number of hydrogen-bond acceptors (Lipinski definition) is 16. The molecule has 7 N–H and O–H groups in total. The number of aliphatic hydroxyl groups excluding tert-OH is 1. The van der Waals surface area contributed by atoms with E-state index in [-0.39, 0.29) is 61.5 Å². The average molecular weight is 1480 g/mol. The van der Waals surface area contributed by atoms with Gasteiger partial charge >= 0.3 is 12.1 Å². The molecule has 13 atom stereocenters. The van der Waals surface area contributed by atoms with Crippen molar-refractivity contribution in [3.8, 4) is 0 Å². The number of alkyl carbamates (subject to hydrolysis) is 1. The van der Waals surface area contributed by atoms with E-state index in [1.807, 2.05) is 55.4 Å². The first-order chi connectivity index (χ1) is 47.3. The first-order valence-corrected chi connectivity index (χ1v) is 37.9. The average Bonchev–Trinajstić information content (AvgIpc) is 0.809. The Morgan fingerprint density at radius 2 is 0.883 bits per heavy atom. The molecule has 592 valence electrons. The predicted octanol–water partition coefficient (Wildman–Crippen LogP) is 5.74. The SMILES string of the molecule is CC[C@@H]1NC(=O)[C@H]([C@H](O)[C@H](C)CCCCCCNC(=O)OC(C)(C)C)N(C)C(=O)[C@H](C(C)C)N(C)C(=O)[C@H](CC(C)C)N(C)C(=O)[C@H](CC(C)C)N(C)C(=O)[C@@H](C)NC(=O)[C@H](C)NC(=O)[C@H](CC(C)C)N(C)C(=O)[C@H](C(C)C)NC(=O)[C@H](CC(C)C)N(C)C(=O)[C@@H](CSC(C)(C)C(=O)O)N(C)C1=O. The van der Waals surface area contributed by atoms with E-state index in [2.05, 4.69) is 26.6 Å². The maximum absolute atomic E-state index is 15.6. The third kappa shape index (κ3) is 28.6. The topological polar surface area (TPSA) is 354 Å². The Balaban J connectivity index is 4.55. The monoisotopic (exact) mass is 1480 g/mol. The summed E-state index contributed by atoms with van der Waals surface area (Å²) in [7, 11) is 9.68. The number of thioether (sulfide) groups is 1. The summed E-state index contributed by atoms with van der Waals surface area (Å²) in [4.78, 5) is 198. The van der Waals surface area contributed by atoms with Gasteiger partial charge in [0.25, 0.3) is 0 Å². The molecule has 0 bridgehead atoms. The van der Waals surface area contributed by atoms with E-state index < -0.39 is 178 Å². The van der Waals surface area contributed by atoms with Crippen molar-refractivity contribution in [1.29, 1.82) is 0 Å². The van der Waals surface area contributed by atoms with Gasteiger partial charge in [0.2, 0.25) is 65.0 Å². The number of likely N-dealkylation sites (N-methyl/N-ethyl adjacent to an activating group) is 7. The van der Waals surface area contributed by atoms with Gasteiger partial charge in [-0.2, -0.15) is 0 Å². The molecule has 1 rings (SSSR count). The molecule has 0 aromatic rings. The number of carboxylic acids is 1. The van der Waals surface area contributed by atoms with Crippen molar-refractivity contribution in [2.24, 2.45) is 41.4 Å². The molecule has 0 saturated carbocycles. The van der Waals surface area contributed by atoms with E-state index in [0.29, 0.717) is 38.6 Å². The van der Waals surface area contributed by atoms with Crippen molar-refractivity contribution in [1.82, 2.24) is 60.9 Å². The summed E-state index contributed by atoms with van der Waals surface area (Å²) in [6.45, 7) is 36.2. The van der Waals surface area contributed by atoms with Crippen LogP contribution in [-0.4, -0.2) is 266 Å². The van der Waals surface area contributed by atoms with Gasteiger partial charge in [-0.3, -0.25) is 57.5 Å². The zero-order chi connectivity index (χ0) is 80.0. The Morgan fingerprint density at radius 3 is 1.34 bits per heavy atom. The highest BCUT2D eigenvalue weighted by Crippen LogP contribution is 2.30. The lowest BCUT2D eigenvalue weighted by Gasteiger charge is -2.42. The second-order valence-electron chi connectivity index (χ2n) is 32.3. The molecule has 0 aliphatic carbocycles. The lowest BCUT2D eigenvalue weighted by molar-refractivity contribution is -0.157. The standard InChI is InChI=1S/C74H134N12O16S/c1-29-50-65(93)84(26)55(40-103-74(20,21)71(99)100)68(96)80(22)52(37-42(4)5)62(90)79-56(45(10)11)69(97)81(23)51(36-41(2)3)61(89)76-48(15)60(88)77-49(16)64(92)82(24)53(38-43(6)7)66(94)83(25)54(39-44(8)9)67(95)85(27)57(46(12)13)70(98)86(28)58(63(91)78-50)59(87)47(14)34-32-30-31-33-35-75-72(101)102-73(17,18)19/h41-59,87H,29-40H2,1-28H3,(H,75,101)(H,76,89)(H,77,88)(H,78,91)(H,79,90)(H,99,100)/t47-,48+,49-,50+,51+,52+,53+,54+,55-,56+,57+,58+,59-/m1/s1. The van der Waals surface area contributed by atoms with Gasteiger partial charge in [-0.25, -0.2) is 4.79 Å². The fourth-order valence-corrected chi connectivity index (χ4v) is 13.5. The molecule has 1 saturated heterocycles. The van der Waals surface area contributed by atoms with Gasteiger partial charge < -0.3 is 75.8 Å². The minimum Gasteiger partial charge on any atom is -0.480 e. The molecule has 1 aliphatic heterocycles. The number of amides is 12. The molecule has 103 heavy (non-hydrogen) atoms. The van der Waals surface area contributed by atoms with E-state index >= 15 is 28.8 Å². The van der Waals surface area contributed by atoms with E-state index in [0.717, 1.165) is 26.5 Å². The van der Waals surface area contributed by atoms with Gasteiger partial charge in [0.15, 0.2) is 0 Å². The molecule has 0 aromatic carbocycles. The number of hydrogen-bond donors (Lipinski definition) is 7. The molecule has 0 unspecified atom stereocenters. The Bertz CT molecular complexity index is 2870. The maximum Gasteiger partial charge on any atom is 0.407 e. The largest absolute Gasteiger partial charge is 0.480 e. The van der Waals surface area contributed by atoms with Gasteiger partial charge in [0, 0.05) is 61.6 Å². The van der Waals surface area contributed by atoms with Crippen LogP contribution < -0.4 is 26.6 Å². The van der Waals surface area contributed by atoms with Crippen LogP contribution in [-0.2, 0) is 62.3 Å². The predicted molar refractivity (Wildman–Crippen MR) is 399 cm³/mol. The van der Waals surface area contributed by atoms with Crippen LogP contribution in [0.15, 0.2) is 0 Å². The first-order valence-electron chi connectivity index (χ1n) is 36.9. The van der Waals surface area contributed by atoms with Crippen molar-refractivity contribution in [2.75, 3.05) is 61.6 Å². The molecular formula is C74H134N12O16S. The zero-order valence-corrected chi connectivity index (χ0v) is 68.4. The number of aliphatic carboxylic acids is 1. The van der Waals surface area contributed by atoms with Gasteiger partial charge in [-0.05, 0) is 135 Å². The number of aliphatic hydroxyl groups is 1. The lowest BCUT2D eigenvalue weighted by Crippen LogP contribution is -2.64. The normalized spacial score (nSPS) is 25.1. The first kappa shape index (κ1) is 94.2. The van der Waals surface area contributed by atoms with E-state index in [1.165, 1.54) is 96.6 Å². The van der Waals surface area contributed by atoms with Crippen molar-refractivity contribution in [3.05, 3.63) is 0 Å². The van der Waals surface area contributed by atoms with Crippen LogP contribution in [0, 0.1) is 41.4 Å². The highest BCUT2D eigenvalue weighted by atomic mass is 32.2. The molecule has 1 heterocycles. The second kappa shape index (κ2) is 42.4. The van der Waals surface area contributed by atoms with Crippen molar-refractivity contribution in [2.45, 2.75) is 293 Å². The molecule has 28 nitrogen and oxygen atoms in total. The summed E-state index contributed by atoms with van der Waals surface area (Å²) in [6, 6.07) is -14.8. The van der Waals surface area contributed by atoms with Crippen LogP contribution in [0.4, 0.5) is 4.79 Å². The van der Waals surface area contributed by atoms with E-state index in [9.17, 15) is 43.8 Å². The number of nitrogens with one attached hydrogen (secondary N) is 5. The fraction of sp³-hybridized carbons (Fsp3) is 0.824. The van der Waals surface area contributed by atoms with Gasteiger partial charge in [0.1, 0.15) is 76.8 Å². The minimum atomic E-state index is -1.74. The van der Waals surface area contributed by atoms with Crippen LogP contribution in [0.25, 0.3) is 0 Å². The Labute approximate surface area is 619 Å². The minimum absolute atomic E-state index is 0.0308. The summed E-state index contributed by atoms with van der Waals surface area (Å²) in [5.41, 5.74) is -0.674. The quantitative estimate of drug-likeness (QED) is 0.0566. The van der Waals surface area contributed by atoms with Gasteiger partial charge in [0.05, 0.1) is 6.10 Å². The molecule has 1 fully saturated rings. The summed E-state index contributed by atoms with van der Waals surface area (Å²) in [5, 5.41) is 36.7. The highest BCUT2D eigenvalue weighted by Gasteiger charge is 2.47. The molecule has 12 amide bonds. The number of carboxylic acid groups (broad SMARTS) is 1. The third-order valence-corrected chi connectivity index (χ3v) is 20.4. The van der Waals surface area contributed by atoms with Crippen LogP contribution >= 0.6 is 11.8 Å². The zero-order valence-electron chi connectivity index (χ0n) is 67.6. The van der Waals surface area contributed by atoms with Crippen LogP contribution in [0.2, 0.25) is 0 Å². The fourth-order valence-electron chi connectivity index (χ4n) is 12.5. The van der Waals surface area contributed by atoms with Gasteiger partial charge in [-0.15, -0.1) is 11.8 Å². The van der Waals surface area contributed by atoms with Crippen LogP contribution in [0.1, 0.15) is 210 Å². The van der Waals surface area contributed by atoms with Gasteiger partial charge in [-0.1, -0.05) is 116 Å². The summed E-state index contributed by atoms with van der Waals surface area (Å²) < 4.78 is 3.83. The van der Waals surface area contributed by atoms with Crippen LogP contribution in [0.5, 0.6) is 0 Å². The second-order valence-corrected chi connectivity index (χ2v) is 33.9. The van der Waals surface area contributed by atoms with Crippen molar-refractivity contribution in [3.63, 3.8) is 0 Å². The number of nitrogens with zero attached hydrogens (tertiary/aromatic N) is 7. The number of unbranched alkanes of at least 4 members (excludes halogenated alkanes) is 3. The summed E-state index contributed by atoms with van der Waals surface area (Å²) in [6.07, 6.45) is 0.948. The summed E-state index contributed by atoms with van der Waals surface area (Å²) >= 11 is 0.852. The molecular weight excluding hydrogens is 1340 g/mol. The number of carbonyl (C=O) groups is 13. The van der Waals surface area contributed by atoms with Crippen molar-refractivity contribution >= 4 is 88.8 Å². The number of carbonyl (C=O) groups excluding carboxylic acids is 12. The molecule has 0 aromatic heterocycles. The van der Waals surface area contributed by atoms with Crippen LogP contribution in [0.3, 0.4) is 0 Å². The molecule has 0 spiro atoms. The Morgan fingerprint density at radius 1 is 0.476 bits per heavy atom. The Hall–Kier alpha value is -6.78. The van der Waals surface area contributed by atoms with E-state index in [1.54, 1.807) is 62.3 Å². The molecule has 1 aliphatic rings. The number of ether oxygens (including phenoxy) is 1. The Kier molecular flexibility index (Phi) is 38.8. The maximum atomic E-state index is 15.6. The smallest absolute Gasteiger partial charge is 0.407 e. The van der Waals surface area contributed by atoms with E-state index in [4.69, 9.17) is 4.74 Å².